The highest BCUT2D eigenvalue weighted by Crippen LogP contribution is 2.41. The lowest BCUT2D eigenvalue weighted by Crippen LogP contribution is -2.21. The molecule has 2 saturated carbocycles. The average Bonchev–Trinajstić information content (AvgIpc) is 2.81. The van der Waals surface area contributed by atoms with Gasteiger partial charge in [-0.2, -0.15) is 0 Å². The highest BCUT2D eigenvalue weighted by atomic mass is 35.5. The van der Waals surface area contributed by atoms with Gasteiger partial charge in [0.15, 0.2) is 0 Å². The molecule has 2 aliphatic rings. The van der Waals surface area contributed by atoms with Crippen LogP contribution in [0.2, 0.25) is 5.02 Å². The summed E-state index contributed by atoms with van der Waals surface area (Å²) in [6, 6.07) is 4.36. The monoisotopic (exact) mass is 482 g/mol. The summed E-state index contributed by atoms with van der Waals surface area (Å²) in [7, 11) is 1.80. The Morgan fingerprint density at radius 3 is 1.70 bits per heavy atom. The highest BCUT2D eigenvalue weighted by Gasteiger charge is 2.27. The molecule has 0 N–H and O–H groups in total. The summed E-state index contributed by atoms with van der Waals surface area (Å²) < 4.78 is 62.7. The topological polar surface area (TPSA) is 9.23 Å². The molecule has 33 heavy (non-hydrogen) atoms. The maximum absolute atomic E-state index is 14.8. The minimum Gasteiger partial charge on any atom is -0.381 e. The molecule has 2 aliphatic carbocycles. The van der Waals surface area contributed by atoms with Crippen LogP contribution in [0, 0.1) is 35.1 Å². The number of rotatable bonds is 6. The van der Waals surface area contributed by atoms with Crippen LogP contribution in [0.4, 0.5) is 17.6 Å². The molecule has 0 aromatic heterocycles. The smallest absolute Gasteiger partial charge is 0.145 e. The summed E-state index contributed by atoms with van der Waals surface area (Å²) in [5.41, 5.74) is 0.00397. The van der Waals surface area contributed by atoms with Crippen molar-refractivity contribution < 1.29 is 22.3 Å². The first-order valence-electron chi connectivity index (χ1n) is 12.0. The zero-order chi connectivity index (χ0) is 23.5. The number of methoxy groups -OCH3 is 1. The number of halogens is 5. The van der Waals surface area contributed by atoms with E-state index in [1.165, 1.54) is 37.8 Å². The third-order valence-electron chi connectivity index (χ3n) is 7.77. The third kappa shape index (κ3) is 5.74. The Bertz CT molecular complexity index is 917. The molecule has 4 rings (SSSR count). The summed E-state index contributed by atoms with van der Waals surface area (Å²) in [4.78, 5) is 0. The maximum atomic E-state index is 14.8. The lowest BCUT2D eigenvalue weighted by atomic mass is 9.75. The molecule has 2 fully saturated rings. The van der Waals surface area contributed by atoms with Crippen LogP contribution in [0.5, 0.6) is 0 Å². The third-order valence-corrected chi connectivity index (χ3v) is 8.13. The lowest BCUT2D eigenvalue weighted by Gasteiger charge is -2.32. The van der Waals surface area contributed by atoms with E-state index in [1.807, 2.05) is 0 Å². The van der Waals surface area contributed by atoms with Gasteiger partial charge in [-0.05, 0) is 105 Å². The van der Waals surface area contributed by atoms with Crippen LogP contribution in [-0.2, 0) is 4.74 Å². The SMILES string of the molecule is CO[C@H]1CC[C@H](CC[C@H]2CC[C@H](c3cc(F)c(-c4cc(F)c(Cl)c(F)c4)c(F)c3)CC2)CC1. The van der Waals surface area contributed by atoms with Crippen molar-refractivity contribution in [3.63, 3.8) is 0 Å². The fraction of sp³-hybridized carbons (Fsp3) is 0.556. The number of ether oxygens (including phenoxy) is 1. The van der Waals surface area contributed by atoms with Crippen molar-refractivity contribution in [3.05, 3.63) is 58.1 Å². The van der Waals surface area contributed by atoms with Crippen LogP contribution < -0.4 is 0 Å². The molecule has 0 amide bonds. The van der Waals surface area contributed by atoms with Crippen LogP contribution in [0.1, 0.15) is 75.7 Å². The lowest BCUT2D eigenvalue weighted by molar-refractivity contribution is 0.0541. The summed E-state index contributed by atoms with van der Waals surface area (Å²) in [5, 5.41) is -0.685. The molecule has 0 unspecified atom stereocenters. The Morgan fingerprint density at radius 2 is 1.21 bits per heavy atom. The molecular formula is C27H31ClF4O. The first-order valence-corrected chi connectivity index (χ1v) is 12.4. The minimum atomic E-state index is -1.04. The van der Waals surface area contributed by atoms with Gasteiger partial charge in [0.05, 0.1) is 11.7 Å². The standard InChI is InChI=1S/C27H31ClF4O/c1-33-21-10-6-17(7-11-21)3-2-16-4-8-18(9-5-16)19-12-22(29)26(23(30)13-19)20-14-24(31)27(28)25(32)15-20/h12-18,21H,2-11H2,1H3/t16-,17-,18-,21-. The average molecular weight is 483 g/mol. The van der Waals surface area contributed by atoms with Crippen molar-refractivity contribution in [3.8, 4) is 11.1 Å². The molecular weight excluding hydrogens is 452 g/mol. The quantitative estimate of drug-likeness (QED) is 0.295. The van der Waals surface area contributed by atoms with Gasteiger partial charge in [0.1, 0.15) is 28.3 Å². The fourth-order valence-electron chi connectivity index (χ4n) is 5.72. The molecule has 0 spiro atoms. The van der Waals surface area contributed by atoms with E-state index in [0.29, 0.717) is 17.6 Å². The normalized spacial score (nSPS) is 25.9. The van der Waals surface area contributed by atoms with Crippen LogP contribution >= 0.6 is 11.6 Å². The van der Waals surface area contributed by atoms with Gasteiger partial charge in [0.25, 0.3) is 0 Å². The van der Waals surface area contributed by atoms with Crippen molar-refractivity contribution in [1.29, 1.82) is 0 Å². The van der Waals surface area contributed by atoms with Gasteiger partial charge in [-0.3, -0.25) is 0 Å². The van der Waals surface area contributed by atoms with E-state index in [9.17, 15) is 17.6 Å². The minimum absolute atomic E-state index is 0.107. The predicted molar refractivity (Wildman–Crippen MR) is 123 cm³/mol. The van der Waals surface area contributed by atoms with E-state index in [0.717, 1.165) is 56.6 Å². The summed E-state index contributed by atoms with van der Waals surface area (Å²) in [6.07, 6.45) is 11.7. The first-order chi connectivity index (χ1) is 15.9. The van der Waals surface area contributed by atoms with Crippen molar-refractivity contribution in [1.82, 2.24) is 0 Å². The van der Waals surface area contributed by atoms with Crippen molar-refractivity contribution in [2.75, 3.05) is 7.11 Å². The molecule has 0 bridgehead atoms. The Balaban J connectivity index is 1.35. The molecule has 0 aliphatic heterocycles. The molecule has 180 valence electrons. The van der Waals surface area contributed by atoms with E-state index in [1.54, 1.807) is 7.11 Å². The highest BCUT2D eigenvalue weighted by molar-refractivity contribution is 6.31. The fourth-order valence-corrected chi connectivity index (χ4v) is 5.83. The van der Waals surface area contributed by atoms with Gasteiger partial charge < -0.3 is 4.74 Å². The van der Waals surface area contributed by atoms with Gasteiger partial charge in [0.2, 0.25) is 0 Å². The van der Waals surface area contributed by atoms with Crippen molar-refractivity contribution >= 4 is 11.6 Å². The predicted octanol–water partition coefficient (Wildman–Crippen LogP) is 8.82. The van der Waals surface area contributed by atoms with Crippen LogP contribution in [0.25, 0.3) is 11.1 Å². The number of hydrogen-bond donors (Lipinski definition) is 0. The molecule has 0 atom stereocenters. The summed E-state index contributed by atoms with van der Waals surface area (Å²) in [6.45, 7) is 0. The molecule has 0 radical (unpaired) electrons. The van der Waals surface area contributed by atoms with Crippen molar-refractivity contribution in [2.45, 2.75) is 76.2 Å². The molecule has 0 saturated heterocycles. The number of hydrogen-bond acceptors (Lipinski definition) is 1. The van der Waals surface area contributed by atoms with E-state index in [-0.39, 0.29) is 11.5 Å². The zero-order valence-electron chi connectivity index (χ0n) is 19.0. The van der Waals surface area contributed by atoms with E-state index >= 15 is 0 Å². The second kappa shape index (κ2) is 10.8. The van der Waals surface area contributed by atoms with Gasteiger partial charge in [0, 0.05) is 7.11 Å². The Hall–Kier alpha value is -1.59. The summed E-state index contributed by atoms with van der Waals surface area (Å²) in [5.74, 6) is -2.11. The Labute approximate surface area is 198 Å². The molecule has 2 aromatic carbocycles. The van der Waals surface area contributed by atoms with E-state index in [2.05, 4.69) is 0 Å². The molecule has 1 nitrogen and oxygen atoms in total. The largest absolute Gasteiger partial charge is 0.381 e. The van der Waals surface area contributed by atoms with Gasteiger partial charge in [-0.1, -0.05) is 24.4 Å². The van der Waals surface area contributed by atoms with Crippen LogP contribution in [0.15, 0.2) is 24.3 Å². The molecule has 6 heteroatoms. The first kappa shape index (κ1) is 24.5. The van der Waals surface area contributed by atoms with Gasteiger partial charge >= 0.3 is 0 Å². The summed E-state index contributed by atoms with van der Waals surface area (Å²) >= 11 is 5.49. The van der Waals surface area contributed by atoms with Gasteiger partial charge in [-0.15, -0.1) is 0 Å². The molecule has 2 aromatic rings. The van der Waals surface area contributed by atoms with Crippen LogP contribution in [-0.4, -0.2) is 13.2 Å². The number of benzene rings is 2. The Kier molecular flexibility index (Phi) is 8.01. The van der Waals surface area contributed by atoms with E-state index < -0.39 is 33.9 Å². The second-order valence-corrected chi connectivity index (χ2v) is 10.2. The van der Waals surface area contributed by atoms with Crippen molar-refractivity contribution in [2.24, 2.45) is 11.8 Å². The Morgan fingerprint density at radius 1 is 0.727 bits per heavy atom. The second-order valence-electron chi connectivity index (χ2n) is 9.79. The molecule has 0 heterocycles. The van der Waals surface area contributed by atoms with E-state index in [4.69, 9.17) is 16.3 Å². The maximum Gasteiger partial charge on any atom is 0.145 e. The van der Waals surface area contributed by atoms with Crippen LogP contribution in [0.3, 0.4) is 0 Å². The van der Waals surface area contributed by atoms with Gasteiger partial charge in [-0.25, -0.2) is 17.6 Å². The zero-order valence-corrected chi connectivity index (χ0v) is 19.7.